The molecule has 1 fully saturated rings. The highest BCUT2D eigenvalue weighted by atomic mass is 32.2. The Balaban J connectivity index is 2.07. The number of aliphatic hydroxyl groups excluding tert-OH is 1. The average molecular weight is 503 g/mol. The molecule has 35 heavy (non-hydrogen) atoms. The minimum Gasteiger partial charge on any atom is -0.508 e. The number of nitrogens with zero attached hydrogens (tertiary/aromatic N) is 2. The Morgan fingerprint density at radius 2 is 1.63 bits per heavy atom. The second kappa shape index (κ2) is 11.0. The van der Waals surface area contributed by atoms with Crippen LogP contribution in [0.2, 0.25) is 0 Å². The van der Waals surface area contributed by atoms with E-state index in [1.54, 1.807) is 26.0 Å². The zero-order valence-electron chi connectivity index (χ0n) is 20.0. The van der Waals surface area contributed by atoms with E-state index in [2.05, 4.69) is 0 Å². The summed E-state index contributed by atoms with van der Waals surface area (Å²) in [6.45, 7) is 4.74. The molecule has 188 valence electrons. The Labute approximate surface area is 205 Å². The lowest BCUT2D eigenvalue weighted by molar-refractivity contribution is -0.140. The van der Waals surface area contributed by atoms with Crippen LogP contribution in [0.25, 0.3) is 5.76 Å². The first kappa shape index (κ1) is 26.4. The first-order chi connectivity index (χ1) is 16.7. The molecule has 0 bridgehead atoms. The fourth-order valence-corrected chi connectivity index (χ4v) is 5.60. The van der Waals surface area contributed by atoms with Crippen molar-refractivity contribution in [1.29, 1.82) is 0 Å². The van der Waals surface area contributed by atoms with Gasteiger partial charge in [0.15, 0.2) is 0 Å². The summed E-state index contributed by atoms with van der Waals surface area (Å²) in [6.07, 6.45) is 0.482. The number of hydrogen-bond acceptors (Lipinski definition) is 7. The van der Waals surface area contributed by atoms with Gasteiger partial charge in [-0.2, -0.15) is 4.31 Å². The summed E-state index contributed by atoms with van der Waals surface area (Å²) in [5.41, 5.74) is 0.654. The summed E-state index contributed by atoms with van der Waals surface area (Å²) < 4.78 is 31.9. The lowest BCUT2D eigenvalue weighted by Gasteiger charge is -2.25. The molecule has 0 aliphatic carbocycles. The van der Waals surface area contributed by atoms with Crippen LogP contribution in [0.15, 0.2) is 59.0 Å². The second-order valence-electron chi connectivity index (χ2n) is 8.04. The largest absolute Gasteiger partial charge is 0.508 e. The number of phenols is 1. The van der Waals surface area contributed by atoms with E-state index in [-0.39, 0.29) is 28.3 Å². The van der Waals surface area contributed by atoms with Gasteiger partial charge in [-0.05, 0) is 48.4 Å². The highest BCUT2D eigenvalue weighted by Gasteiger charge is 2.45. The van der Waals surface area contributed by atoms with Gasteiger partial charge in [0.25, 0.3) is 11.7 Å². The number of phenolic OH excluding ortho intramolecular Hbond substituents is 1. The molecular formula is C25H30N2O7S. The number of methoxy groups -OCH3 is 1. The molecule has 2 N–H and O–H groups in total. The lowest BCUT2D eigenvalue weighted by atomic mass is 9.95. The molecule has 10 heteroatoms. The summed E-state index contributed by atoms with van der Waals surface area (Å²) in [7, 11) is -2.15. The van der Waals surface area contributed by atoms with E-state index in [0.717, 1.165) is 0 Å². The van der Waals surface area contributed by atoms with Crippen molar-refractivity contribution in [3.05, 3.63) is 65.2 Å². The normalized spacial score (nSPS) is 17.9. The number of likely N-dealkylation sites (tertiary alicyclic amines) is 1. The number of aromatic hydroxyl groups is 1. The van der Waals surface area contributed by atoms with Crippen LogP contribution >= 0.6 is 0 Å². The third-order valence-electron chi connectivity index (χ3n) is 5.97. The van der Waals surface area contributed by atoms with Crippen LogP contribution in [-0.2, 0) is 24.3 Å². The fourth-order valence-electron chi connectivity index (χ4n) is 4.15. The lowest BCUT2D eigenvalue weighted by Crippen LogP contribution is -2.31. The van der Waals surface area contributed by atoms with Crippen LogP contribution in [0.5, 0.6) is 5.75 Å². The second-order valence-corrected chi connectivity index (χ2v) is 9.98. The van der Waals surface area contributed by atoms with Gasteiger partial charge in [-0.25, -0.2) is 8.42 Å². The highest BCUT2D eigenvalue weighted by Crippen LogP contribution is 2.40. The van der Waals surface area contributed by atoms with Gasteiger partial charge in [0.2, 0.25) is 10.0 Å². The predicted octanol–water partition coefficient (Wildman–Crippen LogP) is 2.88. The van der Waals surface area contributed by atoms with E-state index in [1.165, 1.54) is 52.7 Å². The molecule has 1 heterocycles. The standard InChI is InChI=1S/C25H30N2O7S/c1-4-26(5-2)35(32,33)20-13-9-18(10-14-20)23(29)21-22(17-7-11-19(28)12-8-17)27(15-6-16-34-3)25(31)24(21)30/h7-14,22,28-29H,4-6,15-16H2,1-3H3/b23-21+. The molecule has 0 saturated carbocycles. The van der Waals surface area contributed by atoms with Crippen LogP contribution in [0.1, 0.15) is 37.4 Å². The summed E-state index contributed by atoms with van der Waals surface area (Å²) in [4.78, 5) is 27.3. The highest BCUT2D eigenvalue weighted by molar-refractivity contribution is 7.89. The molecule has 0 aromatic heterocycles. The molecule has 1 aliphatic heterocycles. The van der Waals surface area contributed by atoms with Gasteiger partial charge < -0.3 is 19.8 Å². The first-order valence-electron chi connectivity index (χ1n) is 11.3. The van der Waals surface area contributed by atoms with Gasteiger partial charge in [0.1, 0.15) is 11.5 Å². The summed E-state index contributed by atoms with van der Waals surface area (Å²) in [5, 5.41) is 20.8. The minimum absolute atomic E-state index is 0.0232. The summed E-state index contributed by atoms with van der Waals surface area (Å²) in [6, 6.07) is 10.8. The Hall–Kier alpha value is -3.21. The molecule has 3 rings (SSSR count). The molecule has 0 radical (unpaired) electrons. The van der Waals surface area contributed by atoms with Crippen LogP contribution in [0.4, 0.5) is 0 Å². The van der Waals surface area contributed by atoms with Crippen LogP contribution in [-0.4, -0.2) is 72.9 Å². The SMILES string of the molecule is CCN(CC)S(=O)(=O)c1ccc(/C(O)=C2\C(=O)C(=O)N(CCCOC)C2c2ccc(O)cc2)cc1. The number of sulfonamides is 1. The monoisotopic (exact) mass is 502 g/mol. The van der Waals surface area contributed by atoms with Crippen molar-refractivity contribution in [3.63, 3.8) is 0 Å². The average Bonchev–Trinajstić information content (AvgIpc) is 3.10. The molecule has 1 amide bonds. The number of ether oxygens (including phenoxy) is 1. The molecule has 1 unspecified atom stereocenters. The van der Waals surface area contributed by atoms with Gasteiger partial charge in [-0.1, -0.05) is 26.0 Å². The van der Waals surface area contributed by atoms with Crippen molar-refractivity contribution < 1.29 is 33.0 Å². The Bertz CT molecular complexity index is 1200. The molecule has 2 aromatic rings. The van der Waals surface area contributed by atoms with Crippen molar-refractivity contribution in [2.75, 3.05) is 33.4 Å². The number of ketones is 1. The third-order valence-corrected chi connectivity index (χ3v) is 8.03. The minimum atomic E-state index is -3.69. The van der Waals surface area contributed by atoms with E-state index in [1.807, 2.05) is 0 Å². The summed E-state index contributed by atoms with van der Waals surface area (Å²) in [5.74, 6) is -1.96. The quantitative estimate of drug-likeness (QED) is 0.222. The maximum atomic E-state index is 13.0. The number of hydrogen-bond donors (Lipinski definition) is 2. The molecular weight excluding hydrogens is 472 g/mol. The smallest absolute Gasteiger partial charge is 0.295 e. The van der Waals surface area contributed by atoms with Crippen molar-refractivity contribution in [2.45, 2.75) is 31.2 Å². The van der Waals surface area contributed by atoms with Gasteiger partial charge >= 0.3 is 0 Å². The van der Waals surface area contributed by atoms with Crippen molar-refractivity contribution >= 4 is 27.5 Å². The molecule has 9 nitrogen and oxygen atoms in total. The maximum absolute atomic E-state index is 13.0. The number of amides is 1. The zero-order valence-corrected chi connectivity index (χ0v) is 20.8. The number of benzene rings is 2. The van der Waals surface area contributed by atoms with Gasteiger partial charge in [-0.15, -0.1) is 0 Å². The molecule has 0 spiro atoms. The van der Waals surface area contributed by atoms with Gasteiger partial charge in [0.05, 0.1) is 16.5 Å². The Morgan fingerprint density at radius 1 is 1.03 bits per heavy atom. The predicted molar refractivity (Wildman–Crippen MR) is 130 cm³/mol. The van der Waals surface area contributed by atoms with Crippen molar-refractivity contribution in [3.8, 4) is 5.75 Å². The van der Waals surface area contributed by atoms with Crippen LogP contribution in [0, 0.1) is 0 Å². The molecule has 1 saturated heterocycles. The Kier molecular flexibility index (Phi) is 8.31. The van der Waals surface area contributed by atoms with E-state index >= 15 is 0 Å². The topological polar surface area (TPSA) is 124 Å². The number of aliphatic hydroxyl groups is 1. The number of carbonyl (C=O) groups excluding carboxylic acids is 2. The van der Waals surface area contributed by atoms with Crippen LogP contribution in [0.3, 0.4) is 0 Å². The Morgan fingerprint density at radius 3 is 2.17 bits per heavy atom. The van der Waals surface area contributed by atoms with Gasteiger partial charge in [-0.3, -0.25) is 9.59 Å². The van der Waals surface area contributed by atoms with E-state index in [0.29, 0.717) is 31.7 Å². The first-order valence-corrected chi connectivity index (χ1v) is 12.8. The molecule has 1 atom stereocenters. The fraction of sp³-hybridized carbons (Fsp3) is 0.360. The van der Waals surface area contributed by atoms with E-state index < -0.39 is 33.5 Å². The van der Waals surface area contributed by atoms with E-state index in [9.17, 15) is 28.2 Å². The van der Waals surface area contributed by atoms with Crippen molar-refractivity contribution in [2.24, 2.45) is 0 Å². The third kappa shape index (κ3) is 5.24. The maximum Gasteiger partial charge on any atom is 0.295 e. The number of rotatable bonds is 10. The number of Topliss-reactive ketones (excluding diaryl/α,β-unsaturated/α-hetero) is 1. The number of carbonyl (C=O) groups is 2. The summed E-state index contributed by atoms with van der Waals surface area (Å²) >= 11 is 0. The van der Waals surface area contributed by atoms with Gasteiger partial charge in [0, 0.05) is 38.9 Å². The molecule has 2 aromatic carbocycles. The van der Waals surface area contributed by atoms with E-state index in [4.69, 9.17) is 4.74 Å². The molecule has 1 aliphatic rings. The van der Waals surface area contributed by atoms with Crippen LogP contribution < -0.4 is 0 Å². The van der Waals surface area contributed by atoms with Crippen molar-refractivity contribution in [1.82, 2.24) is 9.21 Å². The zero-order chi connectivity index (χ0) is 25.8.